The van der Waals surface area contributed by atoms with E-state index < -0.39 is 29.7 Å². The highest BCUT2D eigenvalue weighted by molar-refractivity contribution is 5.87. The van der Waals surface area contributed by atoms with Crippen LogP contribution >= 0.6 is 0 Å². The van der Waals surface area contributed by atoms with Crippen molar-refractivity contribution in [1.29, 1.82) is 0 Å². The maximum Gasteiger partial charge on any atom is 0.416 e. The molecule has 3 N–H and O–H groups in total. The summed E-state index contributed by atoms with van der Waals surface area (Å²) in [6.45, 7) is -0.0175. The fourth-order valence-electron chi connectivity index (χ4n) is 5.57. The number of carboxylic acids is 1. The summed E-state index contributed by atoms with van der Waals surface area (Å²) in [6.07, 6.45) is -1.83. The Bertz CT molecular complexity index is 1230. The molecule has 3 aromatic rings. The van der Waals surface area contributed by atoms with Gasteiger partial charge >= 0.3 is 12.1 Å². The molecule has 1 saturated carbocycles. The molecule has 2 aliphatic rings. The number of alkyl halides is 3. The Morgan fingerprint density at radius 1 is 1.12 bits per heavy atom. The Morgan fingerprint density at radius 2 is 1.94 bits per heavy atom. The van der Waals surface area contributed by atoms with E-state index in [1.54, 1.807) is 12.1 Å². The van der Waals surface area contributed by atoms with E-state index in [0.29, 0.717) is 24.2 Å². The van der Waals surface area contributed by atoms with Crippen molar-refractivity contribution >= 4 is 16.9 Å². The molecule has 34 heavy (non-hydrogen) atoms. The van der Waals surface area contributed by atoms with Gasteiger partial charge in [-0.3, -0.25) is 4.79 Å². The zero-order chi connectivity index (χ0) is 24.0. The van der Waals surface area contributed by atoms with Gasteiger partial charge in [0.2, 0.25) is 0 Å². The lowest BCUT2D eigenvalue weighted by Gasteiger charge is -2.21. The van der Waals surface area contributed by atoms with Crippen LogP contribution in [-0.4, -0.2) is 27.3 Å². The standard InChI is InChI=1S/C26H26F3NO4/c27-26(28,29)21-10-14(4-7-17(21)18-2-1-3-23(18)31)13-34-16-6-9-22-20(12-16)19-8-5-15(11-24(32)33)25(19)30-22/h4,6-7,9-10,12,15,18,23,30-31H,1-3,5,8,11,13H2,(H,32,33)/t15-,18+,23-/m1/s1. The minimum absolute atomic E-state index is 0.0175. The Labute approximate surface area is 194 Å². The summed E-state index contributed by atoms with van der Waals surface area (Å²) in [7, 11) is 0. The second kappa shape index (κ2) is 8.65. The summed E-state index contributed by atoms with van der Waals surface area (Å²) in [6, 6.07) is 9.72. The number of aromatic amines is 1. The average molecular weight is 473 g/mol. The SMILES string of the molecule is O=C(O)C[C@H]1CCc2c1[nH]c1ccc(OCc3ccc([C@@H]4CCC[C@H]4O)c(C(F)(F)F)c3)cc21. The van der Waals surface area contributed by atoms with Crippen molar-refractivity contribution in [2.24, 2.45) is 0 Å². The number of ether oxygens (including phenoxy) is 1. The van der Waals surface area contributed by atoms with Gasteiger partial charge in [-0.25, -0.2) is 0 Å². The lowest BCUT2D eigenvalue weighted by atomic mass is 9.90. The number of aliphatic carboxylic acids is 1. The first-order valence-corrected chi connectivity index (χ1v) is 11.6. The average Bonchev–Trinajstić information content (AvgIpc) is 3.47. The summed E-state index contributed by atoms with van der Waals surface area (Å²) in [5, 5.41) is 20.2. The highest BCUT2D eigenvalue weighted by Gasteiger charge is 2.38. The minimum Gasteiger partial charge on any atom is -0.489 e. The first-order valence-electron chi connectivity index (χ1n) is 11.6. The van der Waals surface area contributed by atoms with Crippen LogP contribution in [-0.2, 0) is 24.0 Å². The number of aryl methyl sites for hydroxylation is 1. The van der Waals surface area contributed by atoms with E-state index in [4.69, 9.17) is 9.84 Å². The molecule has 0 amide bonds. The van der Waals surface area contributed by atoms with E-state index in [1.165, 1.54) is 6.07 Å². The van der Waals surface area contributed by atoms with Gasteiger partial charge in [-0.2, -0.15) is 13.2 Å². The van der Waals surface area contributed by atoms with Gasteiger partial charge in [0.25, 0.3) is 0 Å². The Balaban J connectivity index is 1.36. The fourth-order valence-corrected chi connectivity index (χ4v) is 5.57. The van der Waals surface area contributed by atoms with Crippen LogP contribution in [0.5, 0.6) is 5.75 Å². The number of carbonyl (C=O) groups is 1. The molecule has 2 aromatic carbocycles. The quantitative estimate of drug-likeness (QED) is 0.416. The summed E-state index contributed by atoms with van der Waals surface area (Å²) in [5.74, 6) is -0.816. The number of aliphatic hydroxyl groups is 1. The molecule has 2 aliphatic carbocycles. The molecule has 1 fully saturated rings. The lowest BCUT2D eigenvalue weighted by Crippen LogP contribution is -2.18. The molecular weight excluding hydrogens is 447 g/mol. The second-order valence-electron chi connectivity index (χ2n) is 9.37. The van der Waals surface area contributed by atoms with Gasteiger partial charge in [0.05, 0.1) is 18.1 Å². The number of rotatable bonds is 6. The highest BCUT2D eigenvalue weighted by Crippen LogP contribution is 2.43. The van der Waals surface area contributed by atoms with Gasteiger partial charge in [-0.15, -0.1) is 0 Å². The molecule has 3 atom stereocenters. The molecule has 0 aliphatic heterocycles. The number of benzene rings is 2. The summed E-state index contributed by atoms with van der Waals surface area (Å²) < 4.78 is 47.2. The van der Waals surface area contributed by atoms with E-state index in [1.807, 2.05) is 12.1 Å². The predicted octanol–water partition coefficient (Wildman–Crippen LogP) is 5.90. The topological polar surface area (TPSA) is 82.5 Å². The largest absolute Gasteiger partial charge is 0.489 e. The molecular formula is C26H26F3NO4. The number of aliphatic hydroxyl groups excluding tert-OH is 1. The summed E-state index contributed by atoms with van der Waals surface area (Å²) in [4.78, 5) is 14.5. The first-order chi connectivity index (χ1) is 16.2. The van der Waals surface area contributed by atoms with Crippen LogP contribution in [0.2, 0.25) is 0 Å². The van der Waals surface area contributed by atoms with Crippen LogP contribution in [0.3, 0.4) is 0 Å². The van der Waals surface area contributed by atoms with Gasteiger partial charge in [-0.05, 0) is 66.6 Å². The van der Waals surface area contributed by atoms with E-state index >= 15 is 0 Å². The number of hydrogen-bond acceptors (Lipinski definition) is 3. The number of aromatic nitrogens is 1. The molecule has 1 heterocycles. The van der Waals surface area contributed by atoms with Crippen molar-refractivity contribution in [3.8, 4) is 5.75 Å². The lowest BCUT2D eigenvalue weighted by molar-refractivity contribution is -0.139. The molecule has 180 valence electrons. The Hall–Kier alpha value is -3.00. The molecule has 8 heteroatoms. The van der Waals surface area contributed by atoms with E-state index in [0.717, 1.165) is 47.5 Å². The van der Waals surface area contributed by atoms with Crippen LogP contribution in [0.4, 0.5) is 13.2 Å². The van der Waals surface area contributed by atoms with E-state index in [-0.39, 0.29) is 24.5 Å². The van der Waals surface area contributed by atoms with Crippen LogP contribution in [0, 0.1) is 0 Å². The highest BCUT2D eigenvalue weighted by atomic mass is 19.4. The van der Waals surface area contributed by atoms with Crippen molar-refractivity contribution in [2.45, 2.75) is 69.2 Å². The van der Waals surface area contributed by atoms with Gasteiger partial charge in [0.1, 0.15) is 12.4 Å². The molecule has 1 aromatic heterocycles. The summed E-state index contributed by atoms with van der Waals surface area (Å²) in [5.41, 5.74) is 2.79. The second-order valence-corrected chi connectivity index (χ2v) is 9.37. The van der Waals surface area contributed by atoms with Crippen LogP contribution in [0.25, 0.3) is 10.9 Å². The number of hydrogen-bond donors (Lipinski definition) is 3. The van der Waals surface area contributed by atoms with Crippen molar-refractivity contribution < 1.29 is 32.9 Å². The van der Waals surface area contributed by atoms with E-state index in [2.05, 4.69) is 4.98 Å². The third-order valence-electron chi connectivity index (χ3n) is 7.19. The Kier molecular flexibility index (Phi) is 5.80. The first kappa shape index (κ1) is 22.8. The van der Waals surface area contributed by atoms with Crippen LogP contribution < -0.4 is 4.74 Å². The fraction of sp³-hybridized carbons (Fsp3) is 0.423. The molecule has 0 spiro atoms. The maximum atomic E-state index is 13.8. The number of carboxylic acid groups (broad SMARTS) is 1. The zero-order valence-corrected chi connectivity index (χ0v) is 18.5. The Morgan fingerprint density at radius 3 is 2.65 bits per heavy atom. The van der Waals surface area contributed by atoms with Crippen molar-refractivity contribution in [2.75, 3.05) is 0 Å². The van der Waals surface area contributed by atoms with Gasteiger partial charge in [0, 0.05) is 28.4 Å². The third-order valence-corrected chi connectivity index (χ3v) is 7.19. The number of fused-ring (bicyclic) bond motifs is 3. The predicted molar refractivity (Wildman–Crippen MR) is 120 cm³/mol. The molecule has 0 saturated heterocycles. The van der Waals surface area contributed by atoms with Gasteiger partial charge < -0.3 is 19.9 Å². The van der Waals surface area contributed by atoms with Crippen molar-refractivity contribution in [1.82, 2.24) is 4.98 Å². The van der Waals surface area contributed by atoms with Crippen LogP contribution in [0.15, 0.2) is 36.4 Å². The number of halogens is 3. The zero-order valence-electron chi connectivity index (χ0n) is 18.5. The minimum atomic E-state index is -4.51. The number of H-pyrrole nitrogens is 1. The van der Waals surface area contributed by atoms with Crippen molar-refractivity contribution in [3.63, 3.8) is 0 Å². The van der Waals surface area contributed by atoms with Gasteiger partial charge in [0.15, 0.2) is 0 Å². The molecule has 5 nitrogen and oxygen atoms in total. The van der Waals surface area contributed by atoms with Crippen molar-refractivity contribution in [3.05, 3.63) is 64.3 Å². The maximum absolute atomic E-state index is 13.8. The number of nitrogens with one attached hydrogen (secondary N) is 1. The molecule has 0 bridgehead atoms. The van der Waals surface area contributed by atoms with Gasteiger partial charge in [-0.1, -0.05) is 18.6 Å². The molecule has 0 radical (unpaired) electrons. The monoisotopic (exact) mass is 473 g/mol. The van der Waals surface area contributed by atoms with Crippen LogP contribution in [0.1, 0.15) is 71.9 Å². The molecule has 0 unspecified atom stereocenters. The normalized spacial score (nSPS) is 22.3. The summed E-state index contributed by atoms with van der Waals surface area (Å²) >= 11 is 0. The smallest absolute Gasteiger partial charge is 0.416 e. The van der Waals surface area contributed by atoms with E-state index in [9.17, 15) is 23.1 Å². The third kappa shape index (κ3) is 4.27. The molecule has 5 rings (SSSR count).